The molecule has 1 aliphatic rings. The fraction of sp³-hybridized carbons (Fsp3) is 0.222. The molecule has 24 heavy (non-hydrogen) atoms. The number of hydrogen-bond donors (Lipinski definition) is 1. The van der Waals surface area contributed by atoms with Gasteiger partial charge in [0.05, 0.1) is 6.42 Å². The molecule has 3 rings (SSSR count). The smallest absolute Gasteiger partial charge is 0.240 e. The first-order valence-electron chi connectivity index (χ1n) is 7.56. The van der Waals surface area contributed by atoms with Gasteiger partial charge in [0.2, 0.25) is 11.8 Å². The number of primary amides is 1. The van der Waals surface area contributed by atoms with Crippen LogP contribution in [0.15, 0.2) is 42.5 Å². The predicted molar refractivity (Wildman–Crippen MR) is 93.8 cm³/mol. The first-order valence-corrected chi connectivity index (χ1v) is 8.31. The zero-order valence-corrected chi connectivity index (χ0v) is 14.3. The van der Waals surface area contributed by atoms with Crippen LogP contribution in [-0.2, 0) is 29.0 Å². The van der Waals surface area contributed by atoms with Gasteiger partial charge in [-0.3, -0.25) is 9.59 Å². The zero-order chi connectivity index (χ0) is 17.3. The van der Waals surface area contributed by atoms with Gasteiger partial charge in [0.25, 0.3) is 0 Å². The van der Waals surface area contributed by atoms with Crippen LogP contribution in [-0.4, -0.2) is 22.8 Å². The quantitative estimate of drug-likeness (QED) is 0.911. The first-order chi connectivity index (χ1) is 11.5. The maximum Gasteiger partial charge on any atom is 0.240 e. The highest BCUT2D eigenvalue weighted by Gasteiger charge is 2.33. The van der Waals surface area contributed by atoms with Gasteiger partial charge in [-0.2, -0.15) is 0 Å². The average molecular weight is 363 g/mol. The van der Waals surface area contributed by atoms with Gasteiger partial charge in [0.1, 0.15) is 6.04 Å². The molecule has 0 bridgehead atoms. The SMILES string of the molecule is NC(=O)C1Cc2ccccc2CN1C(=O)Cc1c(Cl)cccc1Cl. The highest BCUT2D eigenvalue weighted by atomic mass is 35.5. The molecule has 0 saturated heterocycles. The van der Waals surface area contributed by atoms with Crippen LogP contribution >= 0.6 is 23.2 Å². The molecule has 1 atom stereocenters. The highest BCUT2D eigenvalue weighted by molar-refractivity contribution is 6.36. The zero-order valence-electron chi connectivity index (χ0n) is 12.8. The number of amides is 2. The Hall–Kier alpha value is -2.04. The minimum atomic E-state index is -0.659. The van der Waals surface area contributed by atoms with E-state index in [1.54, 1.807) is 18.2 Å². The van der Waals surface area contributed by atoms with Crippen molar-refractivity contribution in [3.8, 4) is 0 Å². The van der Waals surface area contributed by atoms with Crippen molar-refractivity contribution in [1.82, 2.24) is 4.90 Å². The molecule has 2 aromatic carbocycles. The number of carbonyl (C=O) groups is 2. The Morgan fingerprint density at radius 3 is 2.29 bits per heavy atom. The van der Waals surface area contributed by atoms with Crippen molar-refractivity contribution < 1.29 is 9.59 Å². The maximum absolute atomic E-state index is 12.8. The van der Waals surface area contributed by atoms with Crippen LogP contribution in [0.1, 0.15) is 16.7 Å². The standard InChI is InChI=1S/C18H16Cl2N2O2/c19-14-6-3-7-15(20)13(14)9-17(23)22-10-12-5-2-1-4-11(12)8-16(22)18(21)24/h1-7,16H,8-10H2,(H2,21,24). The second kappa shape index (κ2) is 6.83. The van der Waals surface area contributed by atoms with Gasteiger partial charge >= 0.3 is 0 Å². The summed E-state index contributed by atoms with van der Waals surface area (Å²) in [6.07, 6.45) is 0.456. The fourth-order valence-corrected chi connectivity index (χ4v) is 3.52. The molecule has 0 saturated carbocycles. The summed E-state index contributed by atoms with van der Waals surface area (Å²) < 4.78 is 0. The summed E-state index contributed by atoms with van der Waals surface area (Å²) in [5.74, 6) is -0.730. The minimum absolute atomic E-state index is 0.0322. The molecule has 2 N–H and O–H groups in total. The normalized spacial score (nSPS) is 16.6. The van der Waals surface area contributed by atoms with E-state index in [9.17, 15) is 9.59 Å². The summed E-state index contributed by atoms with van der Waals surface area (Å²) in [6.45, 7) is 0.352. The van der Waals surface area contributed by atoms with Crippen molar-refractivity contribution in [2.24, 2.45) is 5.73 Å². The Balaban J connectivity index is 1.89. The number of nitrogens with two attached hydrogens (primary N) is 1. The first kappa shape index (κ1) is 16.8. The van der Waals surface area contributed by atoms with Gasteiger partial charge < -0.3 is 10.6 Å². The van der Waals surface area contributed by atoms with Gasteiger partial charge in [-0.15, -0.1) is 0 Å². The van der Waals surface area contributed by atoms with E-state index in [1.807, 2.05) is 24.3 Å². The molecule has 0 radical (unpaired) electrons. The third-order valence-electron chi connectivity index (χ3n) is 4.29. The van der Waals surface area contributed by atoms with Crippen molar-refractivity contribution in [2.75, 3.05) is 0 Å². The molecule has 124 valence electrons. The lowest BCUT2D eigenvalue weighted by Gasteiger charge is -2.35. The van der Waals surface area contributed by atoms with E-state index in [-0.39, 0.29) is 12.3 Å². The molecule has 1 aliphatic heterocycles. The summed E-state index contributed by atoms with van der Waals surface area (Å²) in [6, 6.07) is 12.2. The van der Waals surface area contributed by atoms with Gasteiger partial charge in [0, 0.05) is 23.0 Å². The van der Waals surface area contributed by atoms with Crippen LogP contribution < -0.4 is 5.73 Å². The Morgan fingerprint density at radius 2 is 1.67 bits per heavy atom. The van der Waals surface area contributed by atoms with E-state index in [2.05, 4.69) is 0 Å². The molecule has 6 heteroatoms. The summed E-state index contributed by atoms with van der Waals surface area (Å²) in [5.41, 5.74) is 8.15. The molecule has 4 nitrogen and oxygen atoms in total. The molecule has 0 fully saturated rings. The second-order valence-electron chi connectivity index (χ2n) is 5.79. The van der Waals surface area contributed by atoms with Crippen molar-refractivity contribution in [1.29, 1.82) is 0 Å². The van der Waals surface area contributed by atoms with E-state index in [4.69, 9.17) is 28.9 Å². The van der Waals surface area contributed by atoms with Crippen molar-refractivity contribution in [3.05, 3.63) is 69.2 Å². The number of halogens is 2. The summed E-state index contributed by atoms with van der Waals surface area (Å²) in [5, 5.41) is 0.868. The number of nitrogens with zero attached hydrogens (tertiary/aromatic N) is 1. The molecule has 0 aromatic heterocycles. The second-order valence-corrected chi connectivity index (χ2v) is 6.60. The topological polar surface area (TPSA) is 63.4 Å². The van der Waals surface area contributed by atoms with Crippen molar-refractivity contribution in [3.63, 3.8) is 0 Å². The van der Waals surface area contributed by atoms with Crippen LogP contribution in [0.3, 0.4) is 0 Å². The number of hydrogen-bond acceptors (Lipinski definition) is 2. The van der Waals surface area contributed by atoms with E-state index in [0.29, 0.717) is 28.6 Å². The maximum atomic E-state index is 12.8. The van der Waals surface area contributed by atoms with Gasteiger partial charge in [-0.25, -0.2) is 0 Å². The van der Waals surface area contributed by atoms with Gasteiger partial charge in [-0.05, 0) is 28.8 Å². The molecule has 0 spiro atoms. The van der Waals surface area contributed by atoms with Crippen molar-refractivity contribution in [2.45, 2.75) is 25.4 Å². The molecule has 2 amide bonds. The monoisotopic (exact) mass is 362 g/mol. The Bertz CT molecular complexity index is 787. The molecular formula is C18H16Cl2N2O2. The van der Waals surface area contributed by atoms with E-state index in [1.165, 1.54) is 4.90 Å². The third-order valence-corrected chi connectivity index (χ3v) is 5.00. The van der Waals surface area contributed by atoms with Crippen LogP contribution in [0.4, 0.5) is 0 Å². The largest absolute Gasteiger partial charge is 0.368 e. The molecule has 1 unspecified atom stereocenters. The van der Waals surface area contributed by atoms with Crippen LogP contribution in [0, 0.1) is 0 Å². The van der Waals surface area contributed by atoms with Gasteiger partial charge in [-0.1, -0.05) is 53.5 Å². The van der Waals surface area contributed by atoms with E-state index < -0.39 is 11.9 Å². The average Bonchev–Trinajstić information content (AvgIpc) is 2.56. The summed E-state index contributed by atoms with van der Waals surface area (Å²) in [7, 11) is 0. The number of rotatable bonds is 3. The molecule has 0 aliphatic carbocycles. The summed E-state index contributed by atoms with van der Waals surface area (Å²) >= 11 is 12.3. The molecule has 2 aromatic rings. The Morgan fingerprint density at radius 1 is 1.04 bits per heavy atom. The highest BCUT2D eigenvalue weighted by Crippen LogP contribution is 2.28. The van der Waals surface area contributed by atoms with Crippen LogP contribution in [0.2, 0.25) is 10.0 Å². The fourth-order valence-electron chi connectivity index (χ4n) is 2.99. The molecule has 1 heterocycles. The third kappa shape index (κ3) is 3.25. The van der Waals surface area contributed by atoms with Crippen LogP contribution in [0.5, 0.6) is 0 Å². The Labute approximate surface area is 150 Å². The van der Waals surface area contributed by atoms with Crippen molar-refractivity contribution >= 4 is 35.0 Å². The number of carbonyl (C=O) groups excluding carboxylic acids is 2. The minimum Gasteiger partial charge on any atom is -0.368 e. The van der Waals surface area contributed by atoms with Gasteiger partial charge in [0.15, 0.2) is 0 Å². The lowest BCUT2D eigenvalue weighted by atomic mass is 9.93. The molecular weight excluding hydrogens is 347 g/mol. The predicted octanol–water partition coefficient (Wildman–Crippen LogP) is 2.97. The number of benzene rings is 2. The van der Waals surface area contributed by atoms with E-state index >= 15 is 0 Å². The number of fused-ring (bicyclic) bond motifs is 1. The lowest BCUT2D eigenvalue weighted by molar-refractivity contribution is -0.140. The van der Waals surface area contributed by atoms with Crippen LogP contribution in [0.25, 0.3) is 0 Å². The lowest BCUT2D eigenvalue weighted by Crippen LogP contribution is -2.51. The summed E-state index contributed by atoms with van der Waals surface area (Å²) in [4.78, 5) is 26.2. The van der Waals surface area contributed by atoms with E-state index in [0.717, 1.165) is 11.1 Å². The Kier molecular flexibility index (Phi) is 4.78.